The normalized spacial score (nSPS) is 33.2. The molecule has 0 saturated carbocycles. The molecule has 1 fully saturated rings. The fourth-order valence-corrected chi connectivity index (χ4v) is 1.90. The van der Waals surface area contributed by atoms with Crippen molar-refractivity contribution in [3.8, 4) is 0 Å². The molecule has 0 spiro atoms. The van der Waals surface area contributed by atoms with E-state index in [0.717, 1.165) is 31.5 Å². The second-order valence-electron chi connectivity index (χ2n) is 4.45. The molecule has 78 valence electrons. The Balaban J connectivity index is 2.29. The van der Waals surface area contributed by atoms with Crippen LogP contribution in [0, 0.1) is 11.8 Å². The third-order valence-corrected chi connectivity index (χ3v) is 3.15. The first kappa shape index (κ1) is 11.0. The lowest BCUT2D eigenvalue weighted by Crippen LogP contribution is -2.45. The van der Waals surface area contributed by atoms with Gasteiger partial charge in [0.25, 0.3) is 0 Å². The second kappa shape index (κ2) is 4.94. The third-order valence-electron chi connectivity index (χ3n) is 3.15. The fraction of sp³-hybridized carbons (Fsp3) is 1.00. The number of hydrogen-bond donors (Lipinski definition) is 2. The van der Waals surface area contributed by atoms with Gasteiger partial charge in [0.1, 0.15) is 0 Å². The summed E-state index contributed by atoms with van der Waals surface area (Å²) in [5, 5.41) is 8.83. The molecule has 1 aliphatic heterocycles. The monoisotopic (exact) mass is 186 g/mol. The average molecular weight is 186 g/mol. The standard InChI is InChI=1S/C10H22N2O/c1-8-3-4-12(5-9(8)2)6-10(11)7-13/h8-10,13H,3-7,11H2,1-2H3. The van der Waals surface area contributed by atoms with E-state index in [9.17, 15) is 0 Å². The molecule has 0 amide bonds. The van der Waals surface area contributed by atoms with Gasteiger partial charge >= 0.3 is 0 Å². The van der Waals surface area contributed by atoms with E-state index in [1.807, 2.05) is 0 Å². The van der Waals surface area contributed by atoms with Crippen molar-refractivity contribution in [1.29, 1.82) is 0 Å². The van der Waals surface area contributed by atoms with Gasteiger partial charge in [-0.15, -0.1) is 0 Å². The van der Waals surface area contributed by atoms with Crippen LogP contribution in [0.1, 0.15) is 20.3 Å². The van der Waals surface area contributed by atoms with Crippen LogP contribution in [0.3, 0.4) is 0 Å². The molecule has 0 aromatic rings. The SMILES string of the molecule is CC1CCN(CC(N)CO)CC1C. The van der Waals surface area contributed by atoms with Gasteiger partial charge in [0.15, 0.2) is 0 Å². The highest BCUT2D eigenvalue weighted by molar-refractivity contribution is 4.77. The van der Waals surface area contributed by atoms with Gasteiger partial charge in [0.2, 0.25) is 0 Å². The second-order valence-corrected chi connectivity index (χ2v) is 4.45. The maximum atomic E-state index is 8.83. The number of hydrogen-bond acceptors (Lipinski definition) is 3. The maximum Gasteiger partial charge on any atom is 0.0595 e. The molecule has 3 unspecified atom stereocenters. The topological polar surface area (TPSA) is 49.5 Å². The molecule has 0 aliphatic carbocycles. The number of likely N-dealkylation sites (tertiary alicyclic amines) is 1. The Kier molecular flexibility index (Phi) is 4.16. The molecule has 0 radical (unpaired) electrons. The van der Waals surface area contributed by atoms with E-state index in [1.54, 1.807) is 0 Å². The zero-order chi connectivity index (χ0) is 9.84. The molecule has 3 N–H and O–H groups in total. The number of nitrogens with two attached hydrogens (primary N) is 1. The lowest BCUT2D eigenvalue weighted by Gasteiger charge is -2.36. The minimum Gasteiger partial charge on any atom is -0.395 e. The van der Waals surface area contributed by atoms with Gasteiger partial charge in [-0.05, 0) is 24.8 Å². The van der Waals surface area contributed by atoms with Gasteiger partial charge in [0.05, 0.1) is 6.61 Å². The number of piperidine rings is 1. The number of aliphatic hydroxyl groups excluding tert-OH is 1. The molecule has 3 atom stereocenters. The van der Waals surface area contributed by atoms with E-state index >= 15 is 0 Å². The Labute approximate surface area is 80.9 Å². The van der Waals surface area contributed by atoms with Crippen molar-refractivity contribution in [3.05, 3.63) is 0 Å². The highest BCUT2D eigenvalue weighted by Gasteiger charge is 2.23. The molecular formula is C10H22N2O. The number of nitrogens with zero attached hydrogens (tertiary/aromatic N) is 1. The molecule has 1 heterocycles. The molecular weight excluding hydrogens is 164 g/mol. The van der Waals surface area contributed by atoms with Crippen molar-refractivity contribution in [2.24, 2.45) is 17.6 Å². The first-order valence-corrected chi connectivity index (χ1v) is 5.22. The summed E-state index contributed by atoms with van der Waals surface area (Å²) in [4.78, 5) is 2.37. The van der Waals surface area contributed by atoms with Crippen molar-refractivity contribution in [2.45, 2.75) is 26.3 Å². The molecule has 0 aromatic carbocycles. The summed E-state index contributed by atoms with van der Waals surface area (Å²) in [6.07, 6.45) is 1.26. The van der Waals surface area contributed by atoms with Crippen LogP contribution in [0.2, 0.25) is 0 Å². The summed E-state index contributed by atoms with van der Waals surface area (Å²) >= 11 is 0. The van der Waals surface area contributed by atoms with E-state index in [1.165, 1.54) is 6.42 Å². The molecule has 0 aromatic heterocycles. The summed E-state index contributed by atoms with van der Waals surface area (Å²) in [5.41, 5.74) is 5.69. The highest BCUT2D eigenvalue weighted by atomic mass is 16.3. The van der Waals surface area contributed by atoms with Gasteiger partial charge in [-0.1, -0.05) is 13.8 Å². The first-order chi connectivity index (χ1) is 6.13. The lowest BCUT2D eigenvalue weighted by atomic mass is 9.88. The molecule has 1 saturated heterocycles. The largest absolute Gasteiger partial charge is 0.395 e. The summed E-state index contributed by atoms with van der Waals surface area (Å²) in [6.45, 7) is 7.82. The van der Waals surface area contributed by atoms with Crippen molar-refractivity contribution < 1.29 is 5.11 Å². The van der Waals surface area contributed by atoms with Crippen molar-refractivity contribution in [1.82, 2.24) is 4.90 Å². The number of rotatable bonds is 3. The third kappa shape index (κ3) is 3.25. The van der Waals surface area contributed by atoms with Crippen LogP contribution in [-0.4, -0.2) is 42.3 Å². The Bertz CT molecular complexity index is 150. The molecule has 1 aliphatic rings. The zero-order valence-corrected chi connectivity index (χ0v) is 8.74. The van der Waals surface area contributed by atoms with Crippen LogP contribution >= 0.6 is 0 Å². The van der Waals surface area contributed by atoms with Crippen molar-refractivity contribution in [3.63, 3.8) is 0 Å². The van der Waals surface area contributed by atoms with Crippen LogP contribution in [0.25, 0.3) is 0 Å². The molecule has 3 nitrogen and oxygen atoms in total. The smallest absolute Gasteiger partial charge is 0.0595 e. The Hall–Kier alpha value is -0.120. The predicted molar refractivity (Wildman–Crippen MR) is 54.4 cm³/mol. The Morgan fingerprint density at radius 1 is 1.46 bits per heavy atom. The van der Waals surface area contributed by atoms with Gasteiger partial charge in [-0.25, -0.2) is 0 Å². The van der Waals surface area contributed by atoms with Crippen LogP contribution in [0.15, 0.2) is 0 Å². The molecule has 3 heteroatoms. The van der Waals surface area contributed by atoms with Gasteiger partial charge in [0, 0.05) is 19.1 Å². The van der Waals surface area contributed by atoms with E-state index < -0.39 is 0 Å². The van der Waals surface area contributed by atoms with E-state index in [2.05, 4.69) is 18.7 Å². The van der Waals surface area contributed by atoms with E-state index in [0.29, 0.717) is 0 Å². The Morgan fingerprint density at radius 2 is 2.15 bits per heavy atom. The minimum absolute atomic E-state index is 0.0689. The van der Waals surface area contributed by atoms with E-state index in [-0.39, 0.29) is 12.6 Å². The Morgan fingerprint density at radius 3 is 2.69 bits per heavy atom. The van der Waals surface area contributed by atoms with Crippen LogP contribution < -0.4 is 5.73 Å². The van der Waals surface area contributed by atoms with Gasteiger partial charge in [-0.3, -0.25) is 0 Å². The van der Waals surface area contributed by atoms with Gasteiger partial charge < -0.3 is 15.7 Å². The van der Waals surface area contributed by atoms with Crippen LogP contribution in [-0.2, 0) is 0 Å². The summed E-state index contributed by atoms with van der Waals surface area (Å²) in [6, 6.07) is -0.0689. The van der Waals surface area contributed by atoms with Crippen LogP contribution in [0.5, 0.6) is 0 Å². The molecule has 13 heavy (non-hydrogen) atoms. The minimum atomic E-state index is -0.0689. The van der Waals surface area contributed by atoms with Crippen molar-refractivity contribution in [2.75, 3.05) is 26.2 Å². The summed E-state index contributed by atoms with van der Waals surface area (Å²) < 4.78 is 0. The quantitative estimate of drug-likeness (QED) is 0.666. The first-order valence-electron chi connectivity index (χ1n) is 5.22. The van der Waals surface area contributed by atoms with Crippen LogP contribution in [0.4, 0.5) is 0 Å². The van der Waals surface area contributed by atoms with Crippen molar-refractivity contribution >= 4 is 0 Å². The fourth-order valence-electron chi connectivity index (χ4n) is 1.90. The lowest BCUT2D eigenvalue weighted by molar-refractivity contribution is 0.120. The molecule has 0 bridgehead atoms. The number of aliphatic hydroxyl groups is 1. The zero-order valence-electron chi connectivity index (χ0n) is 8.74. The highest BCUT2D eigenvalue weighted by Crippen LogP contribution is 2.22. The summed E-state index contributed by atoms with van der Waals surface area (Å²) in [7, 11) is 0. The van der Waals surface area contributed by atoms with E-state index in [4.69, 9.17) is 10.8 Å². The average Bonchev–Trinajstić information content (AvgIpc) is 2.11. The summed E-state index contributed by atoms with van der Waals surface area (Å²) in [5.74, 6) is 1.60. The maximum absolute atomic E-state index is 8.83. The molecule has 1 rings (SSSR count). The predicted octanol–water partition coefficient (Wildman–Crippen LogP) is 0.284. The van der Waals surface area contributed by atoms with Gasteiger partial charge in [-0.2, -0.15) is 0 Å².